The summed E-state index contributed by atoms with van der Waals surface area (Å²) < 4.78 is 0. The molecule has 2 heterocycles. The summed E-state index contributed by atoms with van der Waals surface area (Å²) in [5.74, 6) is -0.244. The summed E-state index contributed by atoms with van der Waals surface area (Å²) in [4.78, 5) is 41.2. The van der Waals surface area contributed by atoms with E-state index in [0.717, 1.165) is 47.0 Å². The summed E-state index contributed by atoms with van der Waals surface area (Å²) >= 11 is 1.35. The highest BCUT2D eigenvalue weighted by atomic mass is 32.1. The molecular weight excluding hydrogens is 482 g/mol. The predicted octanol–water partition coefficient (Wildman–Crippen LogP) is 5.89. The molecular formula is C30H33N3O3S. The van der Waals surface area contributed by atoms with Gasteiger partial charge in [-0.15, -0.1) is 11.3 Å². The summed E-state index contributed by atoms with van der Waals surface area (Å²) in [5, 5.41) is 8.96. The third-order valence-corrected chi connectivity index (χ3v) is 7.31. The molecule has 0 saturated heterocycles. The van der Waals surface area contributed by atoms with Crippen LogP contribution in [0.1, 0.15) is 54.3 Å². The molecule has 6 nitrogen and oxygen atoms in total. The van der Waals surface area contributed by atoms with Crippen LogP contribution in [-0.2, 0) is 16.0 Å². The number of carbonyl (C=O) groups is 3. The number of ketones is 1. The van der Waals surface area contributed by atoms with Crippen molar-refractivity contribution in [3.8, 4) is 11.3 Å². The summed E-state index contributed by atoms with van der Waals surface area (Å²) in [6.07, 6.45) is 4.14. The number of nitrogens with one attached hydrogen (secondary N) is 3. The van der Waals surface area contributed by atoms with Crippen LogP contribution in [0.5, 0.6) is 0 Å². The third kappa shape index (κ3) is 7.17. The van der Waals surface area contributed by atoms with Crippen molar-refractivity contribution in [1.82, 2.24) is 15.6 Å². The first kappa shape index (κ1) is 26.4. The van der Waals surface area contributed by atoms with Crippen LogP contribution in [0.3, 0.4) is 0 Å². The Balaban J connectivity index is 1.42. The zero-order valence-corrected chi connectivity index (χ0v) is 21.9. The Hall–Kier alpha value is -3.71. The van der Waals surface area contributed by atoms with Crippen LogP contribution >= 0.6 is 11.3 Å². The minimum Gasteiger partial charge on any atom is -0.354 e. The Kier molecular flexibility index (Phi) is 9.27. The van der Waals surface area contributed by atoms with E-state index >= 15 is 0 Å². The molecule has 0 saturated carbocycles. The summed E-state index contributed by atoms with van der Waals surface area (Å²) in [6, 6.07) is 21.3. The number of benzene rings is 2. The quantitative estimate of drug-likeness (QED) is 0.194. The van der Waals surface area contributed by atoms with E-state index in [2.05, 4.69) is 39.9 Å². The van der Waals surface area contributed by atoms with Crippen LogP contribution in [0, 0.1) is 0 Å². The minimum absolute atomic E-state index is 0.174. The topological polar surface area (TPSA) is 91.1 Å². The molecule has 0 aliphatic carbocycles. The van der Waals surface area contributed by atoms with Gasteiger partial charge < -0.3 is 20.4 Å². The zero-order valence-electron chi connectivity index (χ0n) is 21.1. The van der Waals surface area contributed by atoms with Gasteiger partial charge in [0.05, 0.1) is 4.88 Å². The third-order valence-electron chi connectivity index (χ3n) is 6.44. The molecule has 37 heavy (non-hydrogen) atoms. The lowest BCUT2D eigenvalue weighted by molar-refractivity contribution is -0.123. The van der Waals surface area contributed by atoms with Crippen LogP contribution < -0.4 is 10.6 Å². The van der Waals surface area contributed by atoms with E-state index in [9.17, 15) is 14.4 Å². The lowest BCUT2D eigenvalue weighted by atomic mass is 10.0. The lowest BCUT2D eigenvalue weighted by Crippen LogP contribution is -2.47. The van der Waals surface area contributed by atoms with Crippen molar-refractivity contribution in [3.05, 3.63) is 82.6 Å². The van der Waals surface area contributed by atoms with Gasteiger partial charge in [0.1, 0.15) is 11.8 Å². The number of aromatic nitrogens is 1. The van der Waals surface area contributed by atoms with E-state index < -0.39 is 6.04 Å². The average Bonchev–Trinajstić information content (AvgIpc) is 3.57. The second-order valence-electron chi connectivity index (χ2n) is 9.24. The van der Waals surface area contributed by atoms with Crippen molar-refractivity contribution < 1.29 is 14.4 Å². The number of rotatable bonds is 13. The van der Waals surface area contributed by atoms with Crippen LogP contribution in [0.15, 0.2) is 72.1 Å². The van der Waals surface area contributed by atoms with Gasteiger partial charge in [0.15, 0.2) is 0 Å². The standard InChI is InChI=1S/C30H33N3O3S/c1-21(34)11-4-2-7-16-26(33-30(36)27-17-10-20-37-27)29(35)31-19-18-24-23-14-8-9-15-25(23)32-28(24)22-12-5-3-6-13-22/h3,5-6,8-10,12-15,17,20,26,32H,2,4,7,11,16,18-19H2,1H3,(H,31,35)(H,33,36)/t26-/m0/s1. The summed E-state index contributed by atoms with van der Waals surface area (Å²) in [6.45, 7) is 2.05. The van der Waals surface area contributed by atoms with Crippen molar-refractivity contribution in [2.24, 2.45) is 0 Å². The fourth-order valence-electron chi connectivity index (χ4n) is 4.55. The molecule has 3 N–H and O–H groups in total. The fraction of sp³-hybridized carbons (Fsp3) is 0.300. The van der Waals surface area contributed by atoms with Crippen LogP contribution in [0.25, 0.3) is 22.2 Å². The van der Waals surface area contributed by atoms with Gasteiger partial charge >= 0.3 is 0 Å². The maximum atomic E-state index is 13.2. The van der Waals surface area contributed by atoms with Crippen molar-refractivity contribution in [2.45, 2.75) is 51.5 Å². The molecule has 4 aromatic rings. The fourth-order valence-corrected chi connectivity index (χ4v) is 5.18. The normalized spacial score (nSPS) is 11.8. The summed E-state index contributed by atoms with van der Waals surface area (Å²) in [7, 11) is 0. The minimum atomic E-state index is -0.622. The Labute approximate surface area is 221 Å². The van der Waals surface area contributed by atoms with E-state index in [1.807, 2.05) is 41.8 Å². The Morgan fingerprint density at radius 3 is 2.46 bits per heavy atom. The van der Waals surface area contributed by atoms with Crippen LogP contribution in [0.2, 0.25) is 0 Å². The second-order valence-corrected chi connectivity index (χ2v) is 10.2. The lowest BCUT2D eigenvalue weighted by Gasteiger charge is -2.18. The number of thiophene rings is 1. The molecule has 0 unspecified atom stereocenters. The zero-order chi connectivity index (χ0) is 26.0. The predicted molar refractivity (Wildman–Crippen MR) is 150 cm³/mol. The molecule has 0 aliphatic rings. The van der Waals surface area contributed by atoms with Crippen LogP contribution in [-0.4, -0.2) is 35.2 Å². The smallest absolute Gasteiger partial charge is 0.261 e. The highest BCUT2D eigenvalue weighted by molar-refractivity contribution is 7.12. The highest BCUT2D eigenvalue weighted by Gasteiger charge is 2.22. The molecule has 0 spiro atoms. The maximum absolute atomic E-state index is 13.2. The van der Waals surface area contributed by atoms with E-state index in [1.165, 1.54) is 11.3 Å². The van der Waals surface area contributed by atoms with E-state index in [4.69, 9.17) is 0 Å². The Morgan fingerprint density at radius 2 is 1.70 bits per heavy atom. The van der Waals surface area contributed by atoms with Crippen molar-refractivity contribution >= 4 is 39.8 Å². The first-order valence-corrected chi connectivity index (χ1v) is 13.7. The number of para-hydroxylation sites is 1. The number of hydrogen-bond acceptors (Lipinski definition) is 4. The van der Waals surface area contributed by atoms with Gasteiger partial charge in [-0.05, 0) is 54.8 Å². The molecule has 4 rings (SSSR count). The largest absolute Gasteiger partial charge is 0.354 e. The van der Waals surface area contributed by atoms with E-state index in [1.54, 1.807) is 13.0 Å². The van der Waals surface area contributed by atoms with Gasteiger partial charge in [0, 0.05) is 29.6 Å². The molecule has 0 bridgehead atoms. The SMILES string of the molecule is CC(=O)CCCCC[C@H](NC(=O)c1cccs1)C(=O)NCCc1c(-c2ccccc2)[nH]c2ccccc12. The second kappa shape index (κ2) is 13.0. The molecule has 192 valence electrons. The monoisotopic (exact) mass is 515 g/mol. The molecule has 2 amide bonds. The number of fused-ring (bicyclic) bond motifs is 1. The maximum Gasteiger partial charge on any atom is 0.261 e. The molecule has 0 aliphatic heterocycles. The molecule has 1 atom stereocenters. The van der Waals surface area contributed by atoms with E-state index in [0.29, 0.717) is 30.7 Å². The molecule has 2 aromatic heterocycles. The van der Waals surface area contributed by atoms with Gasteiger partial charge in [-0.3, -0.25) is 9.59 Å². The van der Waals surface area contributed by atoms with Gasteiger partial charge in [0.25, 0.3) is 5.91 Å². The number of unbranched alkanes of at least 4 members (excludes halogenated alkanes) is 2. The van der Waals surface area contributed by atoms with Gasteiger partial charge in [0.2, 0.25) is 5.91 Å². The number of Topliss-reactive ketones (excluding diaryl/α,β-unsaturated/α-hetero) is 1. The number of H-pyrrole nitrogens is 1. The Bertz CT molecular complexity index is 1330. The highest BCUT2D eigenvalue weighted by Crippen LogP contribution is 2.30. The van der Waals surface area contributed by atoms with Crippen molar-refractivity contribution in [1.29, 1.82) is 0 Å². The number of aromatic amines is 1. The van der Waals surface area contributed by atoms with E-state index in [-0.39, 0.29) is 17.6 Å². The van der Waals surface area contributed by atoms with Crippen molar-refractivity contribution in [3.63, 3.8) is 0 Å². The van der Waals surface area contributed by atoms with Gasteiger partial charge in [-0.1, -0.05) is 67.4 Å². The first-order chi connectivity index (χ1) is 18.0. The van der Waals surface area contributed by atoms with Crippen molar-refractivity contribution in [2.75, 3.05) is 6.54 Å². The molecule has 7 heteroatoms. The number of amides is 2. The first-order valence-electron chi connectivity index (χ1n) is 12.8. The van der Waals surface area contributed by atoms with Crippen LogP contribution in [0.4, 0.5) is 0 Å². The molecule has 0 fully saturated rings. The molecule has 2 aromatic carbocycles. The Morgan fingerprint density at radius 1 is 0.919 bits per heavy atom. The van der Waals surface area contributed by atoms with Gasteiger partial charge in [-0.2, -0.15) is 0 Å². The summed E-state index contributed by atoms with van der Waals surface area (Å²) in [5.41, 5.74) is 4.38. The average molecular weight is 516 g/mol. The van der Waals surface area contributed by atoms with Gasteiger partial charge in [-0.25, -0.2) is 0 Å². The number of hydrogen-bond donors (Lipinski definition) is 3. The number of carbonyl (C=O) groups excluding carboxylic acids is 3. The molecule has 0 radical (unpaired) electrons.